The zero-order chi connectivity index (χ0) is 14.5. The van der Waals surface area contributed by atoms with E-state index in [1.54, 1.807) is 4.90 Å². The smallest absolute Gasteiger partial charge is 0.313 e. The van der Waals surface area contributed by atoms with E-state index in [-0.39, 0.29) is 0 Å². The van der Waals surface area contributed by atoms with Crippen molar-refractivity contribution in [3.8, 4) is 0 Å². The van der Waals surface area contributed by atoms with Gasteiger partial charge in [0.15, 0.2) is 0 Å². The number of likely N-dealkylation sites (tertiary alicyclic amines) is 1. The summed E-state index contributed by atoms with van der Waals surface area (Å²) in [6, 6.07) is 5.70. The minimum Gasteiger partial charge on any atom is -0.334 e. The lowest BCUT2D eigenvalue weighted by atomic mass is 10.1. The lowest BCUT2D eigenvalue weighted by Gasteiger charge is -2.20. The molecule has 1 aromatic rings. The standard InChI is InChI=1S/C16H22N2O2/c1-12-8-7-9-14(13(12)2)17-15(19)16(20)18-10-5-3-4-6-11-18/h7-9H,3-6,10-11H2,1-2H3,(H,17,19). The van der Waals surface area contributed by atoms with Gasteiger partial charge in [-0.3, -0.25) is 9.59 Å². The highest BCUT2D eigenvalue weighted by atomic mass is 16.2. The predicted molar refractivity (Wildman–Crippen MR) is 79.6 cm³/mol. The Morgan fingerprint density at radius 3 is 2.35 bits per heavy atom. The fourth-order valence-corrected chi connectivity index (χ4v) is 2.48. The zero-order valence-electron chi connectivity index (χ0n) is 12.2. The second kappa shape index (κ2) is 6.55. The number of nitrogens with zero attached hydrogens (tertiary/aromatic N) is 1. The third-order valence-corrected chi connectivity index (χ3v) is 3.94. The van der Waals surface area contributed by atoms with Crippen LogP contribution in [0.1, 0.15) is 36.8 Å². The summed E-state index contributed by atoms with van der Waals surface area (Å²) >= 11 is 0. The van der Waals surface area contributed by atoms with Crippen molar-refractivity contribution in [1.29, 1.82) is 0 Å². The van der Waals surface area contributed by atoms with Crippen LogP contribution >= 0.6 is 0 Å². The number of hydrogen-bond donors (Lipinski definition) is 1. The van der Waals surface area contributed by atoms with Gasteiger partial charge in [0.1, 0.15) is 0 Å². The summed E-state index contributed by atoms with van der Waals surface area (Å²) < 4.78 is 0. The zero-order valence-corrected chi connectivity index (χ0v) is 12.2. The van der Waals surface area contributed by atoms with Crippen LogP contribution in [0.4, 0.5) is 5.69 Å². The molecular weight excluding hydrogens is 252 g/mol. The van der Waals surface area contributed by atoms with Crippen LogP contribution in [-0.4, -0.2) is 29.8 Å². The third kappa shape index (κ3) is 3.38. The van der Waals surface area contributed by atoms with E-state index in [2.05, 4.69) is 5.32 Å². The third-order valence-electron chi connectivity index (χ3n) is 3.94. The van der Waals surface area contributed by atoms with E-state index in [4.69, 9.17) is 0 Å². The van der Waals surface area contributed by atoms with E-state index in [1.807, 2.05) is 32.0 Å². The molecule has 0 spiro atoms. The first kappa shape index (κ1) is 14.6. The minimum atomic E-state index is -0.527. The number of aryl methyl sites for hydroxylation is 1. The number of benzene rings is 1. The number of rotatable bonds is 1. The Hall–Kier alpha value is -1.84. The monoisotopic (exact) mass is 274 g/mol. The average molecular weight is 274 g/mol. The van der Waals surface area contributed by atoms with Gasteiger partial charge in [0, 0.05) is 18.8 Å². The highest BCUT2D eigenvalue weighted by molar-refractivity contribution is 6.39. The van der Waals surface area contributed by atoms with Crippen LogP contribution in [0.2, 0.25) is 0 Å². The quantitative estimate of drug-likeness (QED) is 0.800. The predicted octanol–water partition coefficient (Wildman–Crippen LogP) is 2.64. The van der Waals surface area contributed by atoms with Gasteiger partial charge in [0.05, 0.1) is 0 Å². The molecule has 0 atom stereocenters. The van der Waals surface area contributed by atoms with Gasteiger partial charge in [0.25, 0.3) is 0 Å². The topological polar surface area (TPSA) is 49.4 Å². The second-order valence-electron chi connectivity index (χ2n) is 5.41. The average Bonchev–Trinajstić information content (AvgIpc) is 2.72. The van der Waals surface area contributed by atoms with Crippen molar-refractivity contribution >= 4 is 17.5 Å². The molecule has 1 saturated heterocycles. The minimum absolute atomic E-state index is 0.409. The molecule has 0 aromatic heterocycles. The van der Waals surface area contributed by atoms with Crippen molar-refractivity contribution in [2.24, 2.45) is 0 Å². The molecule has 0 saturated carbocycles. The first-order chi connectivity index (χ1) is 9.59. The molecule has 1 aliphatic rings. The van der Waals surface area contributed by atoms with Crippen molar-refractivity contribution in [2.45, 2.75) is 39.5 Å². The van der Waals surface area contributed by atoms with Crippen LogP contribution in [-0.2, 0) is 9.59 Å². The summed E-state index contributed by atoms with van der Waals surface area (Å²) in [5, 5.41) is 2.74. The van der Waals surface area contributed by atoms with Crippen molar-refractivity contribution in [1.82, 2.24) is 4.90 Å². The maximum atomic E-state index is 12.2. The van der Waals surface area contributed by atoms with Gasteiger partial charge in [-0.15, -0.1) is 0 Å². The van der Waals surface area contributed by atoms with E-state index in [9.17, 15) is 9.59 Å². The first-order valence-electron chi connectivity index (χ1n) is 7.26. The first-order valence-corrected chi connectivity index (χ1v) is 7.26. The second-order valence-corrected chi connectivity index (χ2v) is 5.41. The van der Waals surface area contributed by atoms with Gasteiger partial charge in [-0.2, -0.15) is 0 Å². The summed E-state index contributed by atoms with van der Waals surface area (Å²) in [5.74, 6) is -0.937. The van der Waals surface area contributed by atoms with Crippen LogP contribution in [0.25, 0.3) is 0 Å². The van der Waals surface area contributed by atoms with Gasteiger partial charge >= 0.3 is 11.8 Å². The molecule has 108 valence electrons. The summed E-state index contributed by atoms with van der Waals surface area (Å²) in [4.78, 5) is 25.9. The lowest BCUT2D eigenvalue weighted by Crippen LogP contribution is -2.40. The van der Waals surface area contributed by atoms with E-state index in [0.717, 1.165) is 42.5 Å². The van der Waals surface area contributed by atoms with Gasteiger partial charge in [0.2, 0.25) is 0 Å². The number of carbonyl (C=O) groups is 2. The van der Waals surface area contributed by atoms with Crippen LogP contribution in [0.3, 0.4) is 0 Å². The molecule has 4 nitrogen and oxygen atoms in total. The Balaban J connectivity index is 2.03. The molecule has 1 fully saturated rings. The Morgan fingerprint density at radius 1 is 1.05 bits per heavy atom. The number of carbonyl (C=O) groups excluding carboxylic acids is 2. The molecule has 2 rings (SSSR count). The van der Waals surface area contributed by atoms with Crippen molar-refractivity contribution < 1.29 is 9.59 Å². The molecule has 1 heterocycles. The number of hydrogen-bond acceptors (Lipinski definition) is 2. The number of nitrogens with one attached hydrogen (secondary N) is 1. The Bertz CT molecular complexity index is 503. The van der Waals surface area contributed by atoms with Crippen molar-refractivity contribution in [3.63, 3.8) is 0 Å². The largest absolute Gasteiger partial charge is 0.334 e. The van der Waals surface area contributed by atoms with Crippen LogP contribution in [0.15, 0.2) is 18.2 Å². The molecule has 0 aliphatic carbocycles. The molecule has 0 unspecified atom stereocenters. The van der Waals surface area contributed by atoms with Gasteiger partial charge in [-0.05, 0) is 43.9 Å². The number of anilines is 1. The maximum Gasteiger partial charge on any atom is 0.313 e. The Morgan fingerprint density at radius 2 is 1.70 bits per heavy atom. The molecule has 0 bridgehead atoms. The molecule has 1 N–H and O–H groups in total. The van der Waals surface area contributed by atoms with Gasteiger partial charge in [-0.25, -0.2) is 0 Å². The molecule has 0 radical (unpaired) electrons. The molecular formula is C16H22N2O2. The summed E-state index contributed by atoms with van der Waals surface area (Å²) in [6.45, 7) is 5.32. The summed E-state index contributed by atoms with van der Waals surface area (Å²) in [6.07, 6.45) is 4.26. The van der Waals surface area contributed by atoms with E-state index >= 15 is 0 Å². The fourth-order valence-electron chi connectivity index (χ4n) is 2.48. The molecule has 4 heteroatoms. The molecule has 2 amide bonds. The normalized spacial score (nSPS) is 15.6. The van der Waals surface area contributed by atoms with Crippen LogP contribution in [0.5, 0.6) is 0 Å². The van der Waals surface area contributed by atoms with Gasteiger partial charge in [-0.1, -0.05) is 25.0 Å². The Kier molecular flexibility index (Phi) is 4.77. The molecule has 1 aliphatic heterocycles. The highest BCUT2D eigenvalue weighted by Gasteiger charge is 2.23. The molecule has 1 aromatic carbocycles. The van der Waals surface area contributed by atoms with Crippen molar-refractivity contribution in [2.75, 3.05) is 18.4 Å². The summed E-state index contributed by atoms with van der Waals surface area (Å²) in [5.41, 5.74) is 2.83. The van der Waals surface area contributed by atoms with Crippen LogP contribution < -0.4 is 5.32 Å². The SMILES string of the molecule is Cc1cccc(NC(=O)C(=O)N2CCCCCC2)c1C. The number of amides is 2. The van der Waals surface area contributed by atoms with E-state index < -0.39 is 11.8 Å². The van der Waals surface area contributed by atoms with Crippen LogP contribution in [0, 0.1) is 13.8 Å². The molecule has 20 heavy (non-hydrogen) atoms. The fraction of sp³-hybridized carbons (Fsp3) is 0.500. The van der Waals surface area contributed by atoms with E-state index in [1.165, 1.54) is 0 Å². The lowest BCUT2D eigenvalue weighted by molar-refractivity contribution is -0.143. The Labute approximate surface area is 120 Å². The maximum absolute atomic E-state index is 12.2. The van der Waals surface area contributed by atoms with Gasteiger partial charge < -0.3 is 10.2 Å². The van der Waals surface area contributed by atoms with E-state index in [0.29, 0.717) is 13.1 Å². The van der Waals surface area contributed by atoms with Crippen molar-refractivity contribution in [3.05, 3.63) is 29.3 Å². The highest BCUT2D eigenvalue weighted by Crippen LogP contribution is 2.18. The summed E-state index contributed by atoms with van der Waals surface area (Å²) in [7, 11) is 0.